The second kappa shape index (κ2) is 5.98. The Labute approximate surface area is 109 Å². The van der Waals surface area contributed by atoms with Gasteiger partial charge in [-0.2, -0.15) is 0 Å². The number of hydrogen-bond donors (Lipinski definition) is 0. The summed E-state index contributed by atoms with van der Waals surface area (Å²) in [4.78, 5) is 18.5. The van der Waals surface area contributed by atoms with Crippen molar-refractivity contribution < 1.29 is 4.79 Å². The van der Waals surface area contributed by atoms with Crippen molar-refractivity contribution in [3.8, 4) is 0 Å². The van der Waals surface area contributed by atoms with Gasteiger partial charge in [-0.3, -0.25) is 4.79 Å². The molecule has 1 saturated heterocycles. The van der Waals surface area contributed by atoms with Gasteiger partial charge in [0.2, 0.25) is 0 Å². The van der Waals surface area contributed by atoms with Crippen molar-refractivity contribution in [2.24, 2.45) is 0 Å². The van der Waals surface area contributed by atoms with E-state index in [1.807, 2.05) is 13.0 Å². The number of ketones is 1. The van der Waals surface area contributed by atoms with Crippen molar-refractivity contribution in [3.05, 3.63) is 23.4 Å². The summed E-state index contributed by atoms with van der Waals surface area (Å²) >= 11 is 0. The second-order valence-electron chi connectivity index (χ2n) is 5.04. The summed E-state index contributed by atoms with van der Waals surface area (Å²) in [5, 5.41) is 0. The average molecular weight is 246 g/mol. The molecule has 3 nitrogen and oxygen atoms in total. The van der Waals surface area contributed by atoms with Crippen LogP contribution in [0.3, 0.4) is 0 Å². The summed E-state index contributed by atoms with van der Waals surface area (Å²) in [7, 11) is 0. The molecule has 18 heavy (non-hydrogen) atoms. The van der Waals surface area contributed by atoms with E-state index in [0.717, 1.165) is 30.0 Å². The summed E-state index contributed by atoms with van der Waals surface area (Å²) in [6.45, 7) is 6.13. The molecule has 0 amide bonds. The van der Waals surface area contributed by atoms with E-state index >= 15 is 0 Å². The summed E-state index contributed by atoms with van der Waals surface area (Å²) in [6.07, 6.45) is 7.42. The summed E-state index contributed by atoms with van der Waals surface area (Å²) < 4.78 is 0. The number of anilines is 1. The Bertz CT molecular complexity index is 421. The minimum Gasteiger partial charge on any atom is -0.356 e. The van der Waals surface area contributed by atoms with E-state index in [4.69, 9.17) is 0 Å². The van der Waals surface area contributed by atoms with E-state index in [1.165, 1.54) is 25.7 Å². The van der Waals surface area contributed by atoms with Gasteiger partial charge in [-0.15, -0.1) is 0 Å². The predicted molar refractivity (Wildman–Crippen MR) is 74.3 cm³/mol. The van der Waals surface area contributed by atoms with Gasteiger partial charge in [0.1, 0.15) is 5.82 Å². The van der Waals surface area contributed by atoms with Gasteiger partial charge in [0.25, 0.3) is 0 Å². The lowest BCUT2D eigenvalue weighted by Crippen LogP contribution is -2.25. The van der Waals surface area contributed by atoms with Crippen LogP contribution >= 0.6 is 0 Å². The van der Waals surface area contributed by atoms with Crippen molar-refractivity contribution in [2.75, 3.05) is 18.0 Å². The molecule has 1 fully saturated rings. The number of aryl methyl sites for hydroxylation is 1. The Morgan fingerprint density at radius 3 is 2.50 bits per heavy atom. The van der Waals surface area contributed by atoms with Crippen LogP contribution < -0.4 is 4.90 Å². The number of pyridine rings is 1. The van der Waals surface area contributed by atoms with E-state index in [9.17, 15) is 4.79 Å². The molecule has 1 aromatic heterocycles. The topological polar surface area (TPSA) is 33.2 Å². The summed E-state index contributed by atoms with van der Waals surface area (Å²) in [5.41, 5.74) is 1.87. The van der Waals surface area contributed by atoms with Gasteiger partial charge in [0.15, 0.2) is 5.78 Å². The van der Waals surface area contributed by atoms with Gasteiger partial charge in [-0.1, -0.05) is 19.8 Å². The molecule has 0 aliphatic carbocycles. The standard InChI is InChI=1S/C15H22N2O/c1-3-14(18)13-10-12(2)15(16-11-13)17-8-6-4-5-7-9-17/h10-11H,3-9H2,1-2H3. The highest BCUT2D eigenvalue weighted by Crippen LogP contribution is 2.22. The molecule has 0 atom stereocenters. The van der Waals surface area contributed by atoms with Crippen LogP contribution in [0.4, 0.5) is 5.82 Å². The van der Waals surface area contributed by atoms with Crippen LogP contribution in [0.1, 0.15) is 54.9 Å². The molecular formula is C15H22N2O. The third kappa shape index (κ3) is 2.89. The fraction of sp³-hybridized carbons (Fsp3) is 0.600. The van der Waals surface area contributed by atoms with Crippen molar-refractivity contribution >= 4 is 11.6 Å². The van der Waals surface area contributed by atoms with E-state index in [1.54, 1.807) is 6.20 Å². The first-order chi connectivity index (χ1) is 8.72. The van der Waals surface area contributed by atoms with Crippen LogP contribution in [-0.2, 0) is 0 Å². The zero-order valence-electron chi connectivity index (χ0n) is 11.4. The molecule has 1 aliphatic rings. The molecular weight excluding hydrogens is 224 g/mol. The van der Waals surface area contributed by atoms with Gasteiger partial charge in [0, 0.05) is 31.3 Å². The fourth-order valence-electron chi connectivity index (χ4n) is 2.54. The van der Waals surface area contributed by atoms with Crippen molar-refractivity contribution in [3.63, 3.8) is 0 Å². The van der Waals surface area contributed by atoms with Crippen molar-refractivity contribution in [1.82, 2.24) is 4.98 Å². The van der Waals surface area contributed by atoms with Crippen LogP contribution in [-0.4, -0.2) is 23.9 Å². The maximum atomic E-state index is 11.7. The number of nitrogens with zero attached hydrogens (tertiary/aromatic N) is 2. The highest BCUT2D eigenvalue weighted by molar-refractivity contribution is 5.96. The lowest BCUT2D eigenvalue weighted by Gasteiger charge is -2.23. The maximum absolute atomic E-state index is 11.7. The van der Waals surface area contributed by atoms with Crippen LogP contribution in [0.25, 0.3) is 0 Å². The van der Waals surface area contributed by atoms with Gasteiger partial charge >= 0.3 is 0 Å². The van der Waals surface area contributed by atoms with Crippen LogP contribution in [0, 0.1) is 6.92 Å². The molecule has 1 aliphatic heterocycles. The monoisotopic (exact) mass is 246 g/mol. The second-order valence-corrected chi connectivity index (χ2v) is 5.04. The van der Waals surface area contributed by atoms with Crippen molar-refractivity contribution in [2.45, 2.75) is 46.0 Å². The molecule has 0 spiro atoms. The number of carbonyl (C=O) groups excluding carboxylic acids is 1. The zero-order chi connectivity index (χ0) is 13.0. The Morgan fingerprint density at radius 2 is 1.94 bits per heavy atom. The number of carbonyl (C=O) groups is 1. The summed E-state index contributed by atoms with van der Waals surface area (Å²) in [5.74, 6) is 1.23. The molecule has 0 saturated carbocycles. The fourth-order valence-corrected chi connectivity index (χ4v) is 2.54. The van der Waals surface area contributed by atoms with Crippen molar-refractivity contribution in [1.29, 1.82) is 0 Å². The molecule has 2 rings (SSSR count). The molecule has 0 bridgehead atoms. The first-order valence-corrected chi connectivity index (χ1v) is 6.97. The molecule has 0 N–H and O–H groups in total. The first kappa shape index (κ1) is 13.1. The summed E-state index contributed by atoms with van der Waals surface area (Å²) in [6, 6.07) is 1.99. The average Bonchev–Trinajstić information content (AvgIpc) is 2.66. The molecule has 3 heteroatoms. The minimum absolute atomic E-state index is 0.174. The molecule has 0 radical (unpaired) electrons. The SMILES string of the molecule is CCC(=O)c1cnc(N2CCCCCC2)c(C)c1. The lowest BCUT2D eigenvalue weighted by molar-refractivity contribution is 0.0988. The van der Waals surface area contributed by atoms with E-state index in [2.05, 4.69) is 16.8 Å². The smallest absolute Gasteiger partial charge is 0.164 e. The van der Waals surface area contributed by atoms with E-state index in [-0.39, 0.29) is 5.78 Å². The predicted octanol–water partition coefficient (Wildman–Crippen LogP) is 3.36. The van der Waals surface area contributed by atoms with Crippen LogP contribution in [0.2, 0.25) is 0 Å². The number of hydrogen-bond acceptors (Lipinski definition) is 3. The van der Waals surface area contributed by atoms with Gasteiger partial charge < -0.3 is 4.90 Å². The Kier molecular flexibility index (Phi) is 4.34. The number of Topliss-reactive ketones (excluding diaryl/α,β-unsaturated/α-hetero) is 1. The molecule has 0 unspecified atom stereocenters. The Balaban J connectivity index is 2.20. The largest absolute Gasteiger partial charge is 0.356 e. The maximum Gasteiger partial charge on any atom is 0.164 e. The minimum atomic E-state index is 0.174. The zero-order valence-corrected chi connectivity index (χ0v) is 11.4. The van der Waals surface area contributed by atoms with Crippen LogP contribution in [0.15, 0.2) is 12.3 Å². The Morgan fingerprint density at radius 1 is 1.28 bits per heavy atom. The van der Waals surface area contributed by atoms with Gasteiger partial charge in [0.05, 0.1) is 0 Å². The molecule has 1 aromatic rings. The van der Waals surface area contributed by atoms with Crippen LogP contribution in [0.5, 0.6) is 0 Å². The quantitative estimate of drug-likeness (QED) is 0.767. The molecule has 2 heterocycles. The van der Waals surface area contributed by atoms with Gasteiger partial charge in [-0.25, -0.2) is 4.98 Å². The van der Waals surface area contributed by atoms with E-state index in [0.29, 0.717) is 6.42 Å². The number of rotatable bonds is 3. The highest BCUT2D eigenvalue weighted by atomic mass is 16.1. The first-order valence-electron chi connectivity index (χ1n) is 6.97. The molecule has 98 valence electrons. The normalized spacial score (nSPS) is 16.4. The third-order valence-electron chi connectivity index (χ3n) is 3.60. The third-order valence-corrected chi connectivity index (χ3v) is 3.60. The van der Waals surface area contributed by atoms with E-state index < -0.39 is 0 Å². The lowest BCUT2D eigenvalue weighted by atomic mass is 10.1. The van der Waals surface area contributed by atoms with Gasteiger partial charge in [-0.05, 0) is 31.4 Å². The Hall–Kier alpha value is -1.38. The highest BCUT2D eigenvalue weighted by Gasteiger charge is 2.14. The molecule has 0 aromatic carbocycles. The number of aromatic nitrogens is 1.